The van der Waals surface area contributed by atoms with Crippen molar-refractivity contribution in [2.45, 2.75) is 90.1 Å². The van der Waals surface area contributed by atoms with Gasteiger partial charge in [-0.05, 0) is 80.9 Å². The molecule has 0 aliphatic heterocycles. The van der Waals surface area contributed by atoms with Crippen LogP contribution in [0.25, 0.3) is 0 Å². The van der Waals surface area contributed by atoms with Crippen LogP contribution in [0.2, 0.25) is 0 Å². The highest BCUT2D eigenvalue weighted by Gasteiger charge is 2.46. The first-order chi connectivity index (χ1) is 14.5. The van der Waals surface area contributed by atoms with Gasteiger partial charge in [0.1, 0.15) is 12.2 Å². The van der Waals surface area contributed by atoms with Crippen LogP contribution in [0.4, 0.5) is 0 Å². The average molecular weight is 427 g/mol. The highest BCUT2D eigenvalue weighted by atomic mass is 16.5. The average Bonchev–Trinajstić information content (AvgIpc) is 3.03. The summed E-state index contributed by atoms with van der Waals surface area (Å²) in [7, 11) is 0. The second kappa shape index (κ2) is 9.46. The van der Waals surface area contributed by atoms with Gasteiger partial charge in [0.15, 0.2) is 0 Å². The Hall–Kier alpha value is -1.64. The fourth-order valence-electron chi connectivity index (χ4n) is 5.46. The van der Waals surface area contributed by atoms with Gasteiger partial charge in [-0.2, -0.15) is 0 Å². The van der Waals surface area contributed by atoms with Gasteiger partial charge in [0.25, 0.3) is 0 Å². The van der Waals surface area contributed by atoms with E-state index in [1.54, 1.807) is 13.8 Å². The predicted molar refractivity (Wildman–Crippen MR) is 124 cm³/mol. The molecule has 0 saturated heterocycles. The highest BCUT2D eigenvalue weighted by Crippen LogP contribution is 2.55. The van der Waals surface area contributed by atoms with Crippen molar-refractivity contribution in [1.82, 2.24) is 0 Å². The Bertz CT molecular complexity index is 845. The summed E-state index contributed by atoms with van der Waals surface area (Å²) in [6.45, 7) is 12.1. The molecule has 3 rings (SSSR count). The van der Waals surface area contributed by atoms with Crippen molar-refractivity contribution in [3.63, 3.8) is 0 Å². The largest absolute Gasteiger partial charge is 0.393 e. The number of allylic oxidation sites excluding steroid dienone is 4. The number of ether oxygens (including phenoxy) is 1. The Morgan fingerprint density at radius 3 is 2.81 bits per heavy atom. The van der Waals surface area contributed by atoms with Crippen LogP contribution in [0.3, 0.4) is 0 Å². The van der Waals surface area contributed by atoms with E-state index in [1.807, 2.05) is 0 Å². The molecule has 2 saturated carbocycles. The molecule has 0 aromatic rings. The first-order valence-corrected chi connectivity index (χ1v) is 11.5. The summed E-state index contributed by atoms with van der Waals surface area (Å²) in [5, 5.41) is 29.9. The number of hydrogen-bond donors (Lipinski definition) is 3. The Morgan fingerprint density at radius 2 is 2.10 bits per heavy atom. The van der Waals surface area contributed by atoms with E-state index in [4.69, 9.17) is 4.74 Å². The van der Waals surface area contributed by atoms with Crippen LogP contribution in [-0.2, 0) is 4.74 Å². The lowest BCUT2D eigenvalue weighted by atomic mass is 9.63. The molecule has 4 heteroatoms. The molecule has 0 bridgehead atoms. The van der Waals surface area contributed by atoms with E-state index in [9.17, 15) is 15.3 Å². The predicted octanol–water partition coefficient (Wildman–Crippen LogP) is 4.23. The Morgan fingerprint density at radius 1 is 1.35 bits per heavy atom. The van der Waals surface area contributed by atoms with Crippen molar-refractivity contribution in [2.75, 3.05) is 6.61 Å². The fraction of sp³-hybridized carbons (Fsp3) is 0.630. The second-order valence-corrected chi connectivity index (χ2v) is 10.1. The molecule has 4 nitrogen and oxygen atoms in total. The maximum atomic E-state index is 10.1. The van der Waals surface area contributed by atoms with Crippen molar-refractivity contribution >= 4 is 0 Å². The first-order valence-electron chi connectivity index (χ1n) is 11.5. The van der Waals surface area contributed by atoms with Crippen LogP contribution in [-0.4, -0.2) is 45.8 Å². The monoisotopic (exact) mass is 426 g/mol. The van der Waals surface area contributed by atoms with E-state index < -0.39 is 17.8 Å². The molecule has 0 aromatic heterocycles. The molecule has 0 heterocycles. The van der Waals surface area contributed by atoms with Crippen LogP contribution < -0.4 is 0 Å². The molecule has 5 atom stereocenters. The molecular weight excluding hydrogens is 388 g/mol. The van der Waals surface area contributed by atoms with Gasteiger partial charge in [-0.3, -0.25) is 0 Å². The molecule has 3 aliphatic carbocycles. The molecule has 0 spiro atoms. The van der Waals surface area contributed by atoms with Gasteiger partial charge < -0.3 is 20.1 Å². The summed E-state index contributed by atoms with van der Waals surface area (Å²) in [6.07, 6.45) is 10.8. The lowest BCUT2D eigenvalue weighted by Gasteiger charge is -2.42. The third-order valence-electron chi connectivity index (χ3n) is 7.11. The molecule has 0 aromatic carbocycles. The first kappa shape index (κ1) is 24.0. The molecule has 31 heavy (non-hydrogen) atoms. The summed E-state index contributed by atoms with van der Waals surface area (Å²) in [5.41, 5.74) is 3.56. The lowest BCUT2D eigenvalue weighted by Crippen LogP contribution is -2.34. The normalized spacial score (nSPS) is 34.9. The van der Waals surface area contributed by atoms with Crippen molar-refractivity contribution in [1.29, 1.82) is 0 Å². The summed E-state index contributed by atoms with van der Waals surface area (Å²) in [5.74, 6) is 6.18. The number of aliphatic hydroxyl groups excluding tert-OH is 2. The Kier molecular flexibility index (Phi) is 7.33. The summed E-state index contributed by atoms with van der Waals surface area (Å²) in [4.78, 5) is 0. The van der Waals surface area contributed by atoms with Gasteiger partial charge >= 0.3 is 0 Å². The van der Waals surface area contributed by atoms with Crippen LogP contribution in [0.5, 0.6) is 0 Å². The van der Waals surface area contributed by atoms with E-state index >= 15 is 0 Å². The molecule has 3 N–H and O–H groups in total. The molecular formula is C27H38O4. The zero-order valence-electron chi connectivity index (χ0n) is 19.4. The van der Waals surface area contributed by atoms with Gasteiger partial charge in [-0.25, -0.2) is 0 Å². The molecule has 0 radical (unpaired) electrons. The molecule has 1 unspecified atom stereocenters. The van der Waals surface area contributed by atoms with Crippen molar-refractivity contribution < 1.29 is 20.1 Å². The number of aliphatic hydroxyl groups is 3. The van der Waals surface area contributed by atoms with Gasteiger partial charge in [-0.15, -0.1) is 0 Å². The van der Waals surface area contributed by atoms with Gasteiger partial charge in [0.05, 0.1) is 18.3 Å². The van der Waals surface area contributed by atoms with Crippen LogP contribution in [0, 0.1) is 23.2 Å². The third kappa shape index (κ3) is 5.59. The van der Waals surface area contributed by atoms with E-state index in [2.05, 4.69) is 50.5 Å². The van der Waals surface area contributed by atoms with Crippen LogP contribution >= 0.6 is 0 Å². The number of fused-ring (bicyclic) bond motifs is 1. The minimum Gasteiger partial charge on any atom is -0.393 e. The minimum absolute atomic E-state index is 0.00720. The molecule has 2 fully saturated rings. The van der Waals surface area contributed by atoms with Gasteiger partial charge in [0.2, 0.25) is 0 Å². The summed E-state index contributed by atoms with van der Waals surface area (Å²) in [6, 6.07) is 0. The summed E-state index contributed by atoms with van der Waals surface area (Å²) >= 11 is 0. The Balaban J connectivity index is 1.71. The van der Waals surface area contributed by atoms with E-state index in [-0.39, 0.29) is 11.5 Å². The second-order valence-electron chi connectivity index (χ2n) is 10.1. The lowest BCUT2D eigenvalue weighted by molar-refractivity contribution is 0.0860. The highest BCUT2D eigenvalue weighted by molar-refractivity contribution is 5.40. The van der Waals surface area contributed by atoms with Crippen molar-refractivity contribution in [3.05, 3.63) is 47.1 Å². The van der Waals surface area contributed by atoms with Crippen molar-refractivity contribution in [2.24, 2.45) is 11.3 Å². The zero-order valence-corrected chi connectivity index (χ0v) is 19.4. The van der Waals surface area contributed by atoms with E-state index in [1.165, 1.54) is 11.1 Å². The van der Waals surface area contributed by atoms with Crippen LogP contribution in [0.1, 0.15) is 66.2 Å². The number of hydrogen-bond acceptors (Lipinski definition) is 4. The molecule has 170 valence electrons. The fourth-order valence-corrected chi connectivity index (χ4v) is 5.46. The third-order valence-corrected chi connectivity index (χ3v) is 7.11. The molecule has 0 amide bonds. The maximum absolute atomic E-state index is 10.1. The minimum atomic E-state index is -0.996. The topological polar surface area (TPSA) is 69.9 Å². The standard InChI is InChI=1S/C27H38O4/c1-18-21(16-22(28)17-25(18)29)10-9-20-8-6-14-27(5)23(11-12-24(20)27)19(2)31-15-7-13-26(3,4)30/h9-11,19,22,24-25,28-30H,1,6,8,12,14-17H2,2-5H3/t19-,22?,24-,25-,27+/m0/s1. The SMILES string of the molecule is C=C1C(=CC=C2CCC[C@]3(C)C([C@H](C)OCC#CC(C)(C)O)=CC[C@@H]23)CC(O)C[C@@H]1O. The van der Waals surface area contributed by atoms with Gasteiger partial charge in [0, 0.05) is 6.42 Å². The zero-order chi connectivity index (χ0) is 22.8. The van der Waals surface area contributed by atoms with Crippen molar-refractivity contribution in [3.8, 4) is 11.8 Å². The quantitative estimate of drug-likeness (QED) is 0.465. The van der Waals surface area contributed by atoms with E-state index in [0.717, 1.165) is 36.8 Å². The summed E-state index contributed by atoms with van der Waals surface area (Å²) < 4.78 is 6.01. The maximum Gasteiger partial charge on any atom is 0.120 e. The van der Waals surface area contributed by atoms with E-state index in [0.29, 0.717) is 25.4 Å². The molecule has 3 aliphatic rings. The van der Waals surface area contributed by atoms with Crippen LogP contribution in [0.15, 0.2) is 47.1 Å². The number of rotatable bonds is 4. The van der Waals surface area contributed by atoms with Gasteiger partial charge in [-0.1, -0.05) is 49.1 Å². The Labute approximate surface area is 187 Å². The smallest absolute Gasteiger partial charge is 0.120 e.